The fourth-order valence-electron chi connectivity index (χ4n) is 4.07. The van der Waals surface area contributed by atoms with E-state index in [1.165, 1.54) is 12.1 Å². The molecule has 0 amide bonds. The van der Waals surface area contributed by atoms with E-state index in [0.29, 0.717) is 43.0 Å². The molecular formula is C23H22FN5O3. The van der Waals surface area contributed by atoms with E-state index in [2.05, 4.69) is 20.5 Å². The van der Waals surface area contributed by atoms with Crippen LogP contribution in [0.5, 0.6) is 5.75 Å². The summed E-state index contributed by atoms with van der Waals surface area (Å²) in [5.74, 6) is -0.0993. The molecule has 1 aliphatic rings. The molecule has 0 unspecified atom stereocenters. The lowest BCUT2D eigenvalue weighted by atomic mass is 9.70. The molecule has 0 radical (unpaired) electrons. The number of aromatic nitrogens is 3. The SMILES string of the molecule is N#Cc1c(F)cccc1O[C@H]1CC[C@](Cc2cccc(Nc3cc[nH]n3)n2)(C(=O)O)CC1. The van der Waals surface area contributed by atoms with Crippen LogP contribution in [-0.4, -0.2) is 32.4 Å². The van der Waals surface area contributed by atoms with Crippen LogP contribution < -0.4 is 10.1 Å². The molecule has 2 heterocycles. The Balaban J connectivity index is 1.44. The molecule has 1 aliphatic carbocycles. The number of hydrogen-bond donors (Lipinski definition) is 3. The van der Waals surface area contributed by atoms with Crippen LogP contribution >= 0.6 is 0 Å². The van der Waals surface area contributed by atoms with Gasteiger partial charge in [0.1, 0.15) is 29.0 Å². The van der Waals surface area contributed by atoms with E-state index in [-0.39, 0.29) is 23.8 Å². The van der Waals surface area contributed by atoms with Crippen LogP contribution in [0.4, 0.5) is 16.0 Å². The summed E-state index contributed by atoms with van der Waals surface area (Å²) in [6.45, 7) is 0. The third-order valence-corrected chi connectivity index (χ3v) is 5.81. The largest absolute Gasteiger partial charge is 0.489 e. The zero-order chi connectivity index (χ0) is 22.6. The highest BCUT2D eigenvalue weighted by atomic mass is 19.1. The summed E-state index contributed by atoms with van der Waals surface area (Å²) in [4.78, 5) is 16.8. The van der Waals surface area contributed by atoms with Gasteiger partial charge in [-0.15, -0.1) is 0 Å². The number of H-pyrrole nitrogens is 1. The number of carbonyl (C=O) groups is 1. The summed E-state index contributed by atoms with van der Waals surface area (Å²) in [7, 11) is 0. The lowest BCUT2D eigenvalue weighted by Gasteiger charge is -2.36. The van der Waals surface area contributed by atoms with Crippen LogP contribution in [0.25, 0.3) is 0 Å². The van der Waals surface area contributed by atoms with E-state index in [0.717, 1.165) is 0 Å². The first kappa shape index (κ1) is 21.3. The molecule has 8 nitrogen and oxygen atoms in total. The number of aliphatic carboxylic acids is 1. The molecule has 1 aromatic carbocycles. The summed E-state index contributed by atoms with van der Waals surface area (Å²) in [6.07, 6.45) is 3.45. The van der Waals surface area contributed by atoms with Crippen molar-refractivity contribution in [2.45, 2.75) is 38.2 Å². The minimum absolute atomic E-state index is 0.131. The van der Waals surface area contributed by atoms with Crippen molar-refractivity contribution in [1.82, 2.24) is 15.2 Å². The van der Waals surface area contributed by atoms with Crippen molar-refractivity contribution in [2.24, 2.45) is 5.41 Å². The zero-order valence-corrected chi connectivity index (χ0v) is 17.2. The Hall–Kier alpha value is -3.93. The second kappa shape index (κ2) is 9.06. The number of hydrogen-bond acceptors (Lipinski definition) is 6. The van der Waals surface area contributed by atoms with Gasteiger partial charge in [-0.25, -0.2) is 9.37 Å². The van der Waals surface area contributed by atoms with Gasteiger partial charge in [-0.1, -0.05) is 12.1 Å². The molecular weight excluding hydrogens is 413 g/mol. The fourth-order valence-corrected chi connectivity index (χ4v) is 4.07. The molecule has 3 N–H and O–H groups in total. The van der Waals surface area contributed by atoms with Gasteiger partial charge in [0.2, 0.25) is 0 Å². The Kier molecular flexibility index (Phi) is 6.03. The maximum absolute atomic E-state index is 13.8. The van der Waals surface area contributed by atoms with Crippen molar-refractivity contribution in [2.75, 3.05) is 5.32 Å². The molecule has 0 saturated heterocycles. The van der Waals surface area contributed by atoms with Gasteiger partial charge in [0, 0.05) is 24.4 Å². The Morgan fingerprint density at radius 2 is 2.03 bits per heavy atom. The van der Waals surface area contributed by atoms with Crippen LogP contribution in [0.3, 0.4) is 0 Å². The predicted molar refractivity (Wildman–Crippen MR) is 114 cm³/mol. The highest BCUT2D eigenvalue weighted by Gasteiger charge is 2.43. The van der Waals surface area contributed by atoms with Gasteiger partial charge in [-0.3, -0.25) is 9.89 Å². The van der Waals surface area contributed by atoms with Crippen LogP contribution in [0, 0.1) is 22.6 Å². The molecule has 32 heavy (non-hydrogen) atoms. The second-order valence-corrected chi connectivity index (χ2v) is 7.90. The van der Waals surface area contributed by atoms with Crippen LogP contribution in [-0.2, 0) is 11.2 Å². The number of nitriles is 1. The van der Waals surface area contributed by atoms with Crippen molar-refractivity contribution in [1.29, 1.82) is 5.26 Å². The first-order valence-electron chi connectivity index (χ1n) is 10.3. The van der Waals surface area contributed by atoms with Crippen molar-refractivity contribution >= 4 is 17.6 Å². The Morgan fingerprint density at radius 1 is 1.25 bits per heavy atom. The number of nitrogens with one attached hydrogen (secondary N) is 2. The van der Waals surface area contributed by atoms with E-state index in [4.69, 9.17) is 4.74 Å². The third-order valence-electron chi connectivity index (χ3n) is 5.81. The molecule has 164 valence electrons. The van der Waals surface area contributed by atoms with Gasteiger partial charge in [0.25, 0.3) is 0 Å². The summed E-state index contributed by atoms with van der Waals surface area (Å²) in [5, 5.41) is 29.0. The lowest BCUT2D eigenvalue weighted by molar-refractivity contribution is -0.152. The first-order valence-corrected chi connectivity index (χ1v) is 10.3. The molecule has 4 rings (SSSR count). The summed E-state index contributed by atoms with van der Waals surface area (Å²) >= 11 is 0. The van der Waals surface area contributed by atoms with Crippen LogP contribution in [0.15, 0.2) is 48.7 Å². The highest BCUT2D eigenvalue weighted by Crippen LogP contribution is 2.41. The number of rotatable bonds is 7. The topological polar surface area (TPSA) is 124 Å². The first-order chi connectivity index (χ1) is 15.5. The summed E-state index contributed by atoms with van der Waals surface area (Å²) in [5.41, 5.74) is -0.421. The molecule has 0 bridgehead atoms. The van der Waals surface area contributed by atoms with Crippen LogP contribution in [0.2, 0.25) is 0 Å². The normalized spacial score (nSPS) is 20.3. The van der Waals surface area contributed by atoms with Gasteiger partial charge >= 0.3 is 5.97 Å². The average Bonchev–Trinajstić information content (AvgIpc) is 3.28. The molecule has 3 aromatic rings. The van der Waals surface area contributed by atoms with Crippen molar-refractivity contribution in [3.8, 4) is 11.8 Å². The molecule has 1 fully saturated rings. The number of carboxylic acid groups (broad SMARTS) is 1. The minimum atomic E-state index is -0.961. The van der Waals surface area contributed by atoms with E-state index >= 15 is 0 Å². The monoisotopic (exact) mass is 435 g/mol. The molecule has 9 heteroatoms. The average molecular weight is 435 g/mol. The maximum Gasteiger partial charge on any atom is 0.310 e. The minimum Gasteiger partial charge on any atom is -0.489 e. The van der Waals surface area contributed by atoms with E-state index < -0.39 is 17.2 Å². The Labute approximate surface area is 184 Å². The van der Waals surface area contributed by atoms with Crippen molar-refractivity contribution in [3.05, 3.63) is 65.7 Å². The molecule has 0 atom stereocenters. The number of nitrogens with zero attached hydrogens (tertiary/aromatic N) is 3. The number of benzene rings is 1. The Morgan fingerprint density at radius 3 is 2.72 bits per heavy atom. The fraction of sp³-hybridized carbons (Fsp3) is 0.304. The predicted octanol–water partition coefficient (Wildman–Crippen LogP) is 4.19. The molecule has 0 spiro atoms. The number of aromatic amines is 1. The van der Waals surface area contributed by atoms with Gasteiger partial charge < -0.3 is 15.2 Å². The van der Waals surface area contributed by atoms with Gasteiger partial charge in [0.15, 0.2) is 5.82 Å². The summed E-state index contributed by atoms with van der Waals surface area (Å²) < 4.78 is 19.7. The van der Waals surface area contributed by atoms with Crippen molar-refractivity contribution < 1.29 is 19.0 Å². The van der Waals surface area contributed by atoms with Crippen molar-refractivity contribution in [3.63, 3.8) is 0 Å². The Bertz CT molecular complexity index is 1130. The van der Waals surface area contributed by atoms with Gasteiger partial charge in [0.05, 0.1) is 11.5 Å². The third kappa shape index (κ3) is 4.54. The number of carboxylic acids is 1. The molecule has 0 aliphatic heterocycles. The van der Waals surface area contributed by atoms with E-state index in [1.807, 2.05) is 18.2 Å². The smallest absolute Gasteiger partial charge is 0.310 e. The van der Waals surface area contributed by atoms with Gasteiger partial charge in [-0.05, 0) is 49.9 Å². The van der Waals surface area contributed by atoms with Gasteiger partial charge in [-0.2, -0.15) is 10.4 Å². The maximum atomic E-state index is 13.8. The molecule has 1 saturated carbocycles. The zero-order valence-electron chi connectivity index (χ0n) is 17.2. The number of pyridine rings is 1. The second-order valence-electron chi connectivity index (χ2n) is 7.90. The van der Waals surface area contributed by atoms with E-state index in [9.17, 15) is 19.6 Å². The summed E-state index contributed by atoms with van der Waals surface area (Å²) in [6, 6.07) is 13.3. The standard InChI is InChI=1S/C23H22FN5O3/c24-18-4-2-5-19(17(18)14-25)32-16-7-10-23(11-8-16,22(30)31)13-15-3-1-6-20(27-15)28-21-9-12-26-29-21/h1-6,9,12,16H,7-8,10-11,13H2,(H,30,31)(H2,26,27,28,29)/t16-,23-. The van der Waals surface area contributed by atoms with Crippen LogP contribution in [0.1, 0.15) is 36.9 Å². The number of ether oxygens (including phenoxy) is 1. The number of halogens is 1. The van der Waals surface area contributed by atoms with E-state index in [1.54, 1.807) is 24.4 Å². The lowest BCUT2D eigenvalue weighted by Crippen LogP contribution is -2.40. The number of anilines is 2. The molecule has 2 aromatic heterocycles. The quantitative estimate of drug-likeness (QED) is 0.508. The highest BCUT2D eigenvalue weighted by molar-refractivity contribution is 5.75.